The highest BCUT2D eigenvalue weighted by atomic mass is 32.2. The summed E-state index contributed by atoms with van der Waals surface area (Å²) in [7, 11) is 1.60. The summed E-state index contributed by atoms with van der Waals surface area (Å²) < 4.78 is 32.7. The number of hydrogen-bond acceptors (Lipinski definition) is 5. The van der Waals surface area contributed by atoms with E-state index in [1.165, 1.54) is 36.9 Å². The zero-order valence-corrected chi connectivity index (χ0v) is 18.6. The molecule has 0 aliphatic carbocycles. The molecule has 1 N–H and O–H groups in total. The third kappa shape index (κ3) is 5.79. The van der Waals surface area contributed by atoms with Crippen LogP contribution in [0.2, 0.25) is 0 Å². The number of carbonyl (C=O) groups excluding carboxylic acids is 1. The first-order valence-corrected chi connectivity index (χ1v) is 11.3. The van der Waals surface area contributed by atoms with E-state index in [2.05, 4.69) is 38.6 Å². The van der Waals surface area contributed by atoms with Gasteiger partial charge in [-0.05, 0) is 60.6 Å². The number of ether oxygens (including phenoxy) is 1. The van der Waals surface area contributed by atoms with Crippen molar-refractivity contribution < 1.29 is 17.9 Å². The molecule has 0 heterocycles. The van der Waals surface area contributed by atoms with Gasteiger partial charge in [0.05, 0.1) is 17.6 Å². The van der Waals surface area contributed by atoms with E-state index in [9.17, 15) is 13.2 Å². The Morgan fingerprint density at radius 3 is 2.19 bits per heavy atom. The lowest BCUT2D eigenvalue weighted by Gasteiger charge is -2.13. The Labute approximate surface area is 183 Å². The molecule has 0 aliphatic heterocycles. The Bertz CT molecular complexity index is 1140. The Balaban J connectivity index is 1.77. The molecule has 0 radical (unpaired) electrons. The highest BCUT2D eigenvalue weighted by molar-refractivity contribution is 7.89. The molecule has 3 rings (SSSR count). The second-order valence-electron chi connectivity index (χ2n) is 7.43. The van der Waals surface area contributed by atoms with Gasteiger partial charge < -0.3 is 9.64 Å². The third-order valence-electron chi connectivity index (χ3n) is 4.82. The zero-order chi connectivity index (χ0) is 22.4. The molecule has 6 nitrogen and oxygen atoms in total. The average Bonchev–Trinajstić information content (AvgIpc) is 2.78. The average molecular weight is 439 g/mol. The van der Waals surface area contributed by atoms with Gasteiger partial charge in [-0.2, -0.15) is 0 Å². The summed E-state index contributed by atoms with van der Waals surface area (Å²) in [6.45, 7) is 1.01. The van der Waals surface area contributed by atoms with Gasteiger partial charge in [-0.3, -0.25) is 0 Å². The van der Waals surface area contributed by atoms with Crippen LogP contribution in [-0.4, -0.2) is 40.5 Å². The molecule has 0 fully saturated rings. The van der Waals surface area contributed by atoms with Gasteiger partial charge in [0, 0.05) is 13.1 Å². The number of nitrogens with one attached hydrogen (secondary N) is 1. The molecule has 0 aliphatic rings. The molecule has 31 heavy (non-hydrogen) atoms. The van der Waals surface area contributed by atoms with E-state index in [0.29, 0.717) is 5.56 Å². The summed E-state index contributed by atoms with van der Waals surface area (Å²) in [5.74, 6) is -0.512. The fraction of sp³-hybridized carbons (Fsp3) is 0.208. The van der Waals surface area contributed by atoms with Crippen molar-refractivity contribution in [2.75, 3.05) is 21.2 Å². The quantitative estimate of drug-likeness (QED) is 0.543. The summed E-state index contributed by atoms with van der Waals surface area (Å²) in [5, 5.41) is 0. The van der Waals surface area contributed by atoms with Gasteiger partial charge in [0.2, 0.25) is 10.0 Å². The zero-order valence-electron chi connectivity index (χ0n) is 17.8. The normalized spacial score (nSPS) is 11.5. The molecule has 0 unspecified atom stereocenters. The second kappa shape index (κ2) is 9.87. The van der Waals surface area contributed by atoms with Crippen molar-refractivity contribution in [2.45, 2.75) is 18.0 Å². The number of methoxy groups -OCH3 is 1. The molecule has 0 aromatic heterocycles. The predicted octanol–water partition coefficient (Wildman–Crippen LogP) is 3.68. The standard InChI is InChI=1S/C24H26N2O4S/c1-26(2)17-18-8-10-19(11-9-18)23-7-5-4-6-21(23)16-25-31(28,29)22-14-12-20(13-15-22)24(27)30-3/h4-15,25H,16-17H2,1-3H3. The first-order valence-electron chi connectivity index (χ1n) is 9.80. The van der Waals surface area contributed by atoms with Crippen molar-refractivity contribution in [1.29, 1.82) is 0 Å². The van der Waals surface area contributed by atoms with Crippen molar-refractivity contribution in [3.05, 3.63) is 89.5 Å². The third-order valence-corrected chi connectivity index (χ3v) is 6.24. The second-order valence-corrected chi connectivity index (χ2v) is 9.20. The number of carbonyl (C=O) groups is 1. The molecule has 162 valence electrons. The van der Waals surface area contributed by atoms with Gasteiger partial charge in [-0.15, -0.1) is 0 Å². The SMILES string of the molecule is COC(=O)c1ccc(S(=O)(=O)NCc2ccccc2-c2ccc(CN(C)C)cc2)cc1. The monoisotopic (exact) mass is 438 g/mol. The van der Waals surface area contributed by atoms with Gasteiger partial charge in [-0.25, -0.2) is 17.9 Å². The molecule has 0 bridgehead atoms. The molecule has 3 aromatic carbocycles. The van der Waals surface area contributed by atoms with Gasteiger partial charge >= 0.3 is 5.97 Å². The molecular formula is C24H26N2O4S. The topological polar surface area (TPSA) is 75.7 Å². The van der Waals surface area contributed by atoms with E-state index < -0.39 is 16.0 Å². The summed E-state index contributed by atoms with van der Waals surface area (Å²) >= 11 is 0. The smallest absolute Gasteiger partial charge is 0.337 e. The van der Waals surface area contributed by atoms with E-state index in [-0.39, 0.29) is 11.4 Å². The maximum Gasteiger partial charge on any atom is 0.337 e. The minimum Gasteiger partial charge on any atom is -0.465 e. The molecule has 0 amide bonds. The molecule has 7 heteroatoms. The van der Waals surface area contributed by atoms with Crippen molar-refractivity contribution in [3.63, 3.8) is 0 Å². The van der Waals surface area contributed by atoms with Crippen LogP contribution in [0, 0.1) is 0 Å². The van der Waals surface area contributed by atoms with Gasteiger partial charge in [0.1, 0.15) is 0 Å². The van der Waals surface area contributed by atoms with Crippen LogP contribution in [0.3, 0.4) is 0 Å². The fourth-order valence-electron chi connectivity index (χ4n) is 3.26. The van der Waals surface area contributed by atoms with Crippen LogP contribution < -0.4 is 4.72 Å². The van der Waals surface area contributed by atoms with E-state index in [1.54, 1.807) is 0 Å². The van der Waals surface area contributed by atoms with Crippen LogP contribution in [0.4, 0.5) is 0 Å². The highest BCUT2D eigenvalue weighted by Crippen LogP contribution is 2.25. The van der Waals surface area contributed by atoms with Gasteiger partial charge in [-0.1, -0.05) is 48.5 Å². The van der Waals surface area contributed by atoms with Gasteiger partial charge in [0.15, 0.2) is 0 Å². The maximum absolute atomic E-state index is 12.7. The van der Waals surface area contributed by atoms with Crippen LogP contribution in [0.25, 0.3) is 11.1 Å². The Morgan fingerprint density at radius 1 is 0.935 bits per heavy atom. The summed E-state index contributed by atoms with van der Waals surface area (Å²) in [6, 6.07) is 21.6. The van der Waals surface area contributed by atoms with Crippen molar-refractivity contribution in [3.8, 4) is 11.1 Å². The number of rotatable bonds is 8. The molecule has 0 atom stereocenters. The predicted molar refractivity (Wildman–Crippen MR) is 121 cm³/mol. The first-order chi connectivity index (χ1) is 14.8. The summed E-state index contributed by atoms with van der Waals surface area (Å²) in [5.41, 5.74) is 4.38. The molecule has 0 saturated heterocycles. The van der Waals surface area contributed by atoms with E-state index in [1.807, 2.05) is 38.4 Å². The fourth-order valence-corrected chi connectivity index (χ4v) is 4.26. The summed E-state index contributed by atoms with van der Waals surface area (Å²) in [6.07, 6.45) is 0. The first kappa shape index (κ1) is 22.7. The molecule has 0 spiro atoms. The number of hydrogen-bond donors (Lipinski definition) is 1. The van der Waals surface area contributed by atoms with Crippen molar-refractivity contribution >= 4 is 16.0 Å². The van der Waals surface area contributed by atoms with Crippen LogP contribution in [0.5, 0.6) is 0 Å². The van der Waals surface area contributed by atoms with Crippen molar-refractivity contribution in [1.82, 2.24) is 9.62 Å². The molecular weight excluding hydrogens is 412 g/mol. The van der Waals surface area contributed by atoms with Crippen LogP contribution in [0.15, 0.2) is 77.7 Å². The maximum atomic E-state index is 12.7. The van der Waals surface area contributed by atoms with E-state index in [4.69, 9.17) is 0 Å². The van der Waals surface area contributed by atoms with Crippen LogP contribution in [-0.2, 0) is 27.8 Å². The largest absolute Gasteiger partial charge is 0.465 e. The van der Waals surface area contributed by atoms with Crippen molar-refractivity contribution in [2.24, 2.45) is 0 Å². The lowest BCUT2D eigenvalue weighted by Crippen LogP contribution is -2.23. The number of esters is 1. The van der Waals surface area contributed by atoms with E-state index in [0.717, 1.165) is 23.2 Å². The molecule has 3 aromatic rings. The number of benzene rings is 3. The minimum absolute atomic E-state index is 0.0886. The Hall–Kier alpha value is -3.00. The number of sulfonamides is 1. The van der Waals surface area contributed by atoms with Gasteiger partial charge in [0.25, 0.3) is 0 Å². The lowest BCUT2D eigenvalue weighted by molar-refractivity contribution is 0.0600. The molecule has 0 saturated carbocycles. The Morgan fingerprint density at radius 2 is 1.58 bits per heavy atom. The number of nitrogens with zero attached hydrogens (tertiary/aromatic N) is 1. The summed E-state index contributed by atoms with van der Waals surface area (Å²) in [4.78, 5) is 13.7. The highest BCUT2D eigenvalue weighted by Gasteiger charge is 2.16. The Kier molecular flexibility index (Phi) is 7.22. The minimum atomic E-state index is -3.73. The van der Waals surface area contributed by atoms with Crippen LogP contribution >= 0.6 is 0 Å². The lowest BCUT2D eigenvalue weighted by atomic mass is 9.99. The van der Waals surface area contributed by atoms with E-state index >= 15 is 0 Å². The van der Waals surface area contributed by atoms with Crippen LogP contribution in [0.1, 0.15) is 21.5 Å².